The second-order valence-corrected chi connectivity index (χ2v) is 7.20. The lowest BCUT2D eigenvalue weighted by Crippen LogP contribution is -1.93. The zero-order valence-corrected chi connectivity index (χ0v) is 17.1. The van der Waals surface area contributed by atoms with Crippen LogP contribution < -0.4 is 0 Å². The highest BCUT2D eigenvalue weighted by molar-refractivity contribution is 5.66. The molecule has 0 spiro atoms. The average Bonchev–Trinajstić information content (AvgIpc) is 2.62. The van der Waals surface area contributed by atoms with Crippen molar-refractivity contribution in [2.75, 3.05) is 0 Å². The quantitative estimate of drug-likeness (QED) is 0.221. The summed E-state index contributed by atoms with van der Waals surface area (Å²) in [6.07, 6.45) is 21.2. The Hall–Kier alpha value is -1.41. The van der Waals surface area contributed by atoms with E-state index in [0.29, 0.717) is 0 Å². The molecule has 0 atom stereocenters. The molecule has 2 nitrogen and oxygen atoms in total. The summed E-state index contributed by atoms with van der Waals surface area (Å²) in [5.41, 5.74) is 0. The van der Waals surface area contributed by atoms with Crippen molar-refractivity contribution in [3.63, 3.8) is 0 Å². The third-order valence-corrected chi connectivity index (χ3v) is 4.59. The second kappa shape index (κ2) is 21.6. The summed E-state index contributed by atoms with van der Waals surface area (Å²) in [5, 5.41) is 8.53. The first kappa shape index (κ1) is 24.6. The lowest BCUT2D eigenvalue weighted by molar-refractivity contribution is -0.137. The Morgan fingerprint density at radius 2 is 1.00 bits per heavy atom. The van der Waals surface area contributed by atoms with Crippen LogP contribution in [0.2, 0.25) is 0 Å². The number of carboxylic acids is 1. The summed E-state index contributed by atoms with van der Waals surface area (Å²) in [6.45, 7) is 2.27. The summed E-state index contributed by atoms with van der Waals surface area (Å²) in [5.74, 6) is 11.3. The van der Waals surface area contributed by atoms with Crippen molar-refractivity contribution in [2.45, 2.75) is 122 Å². The van der Waals surface area contributed by atoms with Gasteiger partial charge in [0.15, 0.2) is 0 Å². The fourth-order valence-electron chi connectivity index (χ4n) is 2.93. The van der Waals surface area contributed by atoms with Crippen LogP contribution in [0.3, 0.4) is 0 Å². The van der Waals surface area contributed by atoms with E-state index in [4.69, 9.17) is 5.11 Å². The van der Waals surface area contributed by atoms with Crippen molar-refractivity contribution in [3.05, 3.63) is 0 Å². The number of unbranched alkanes of at least 4 members (excludes halogenated alkanes) is 15. The van der Waals surface area contributed by atoms with Crippen LogP contribution in [0.4, 0.5) is 0 Å². The maximum Gasteiger partial charge on any atom is 0.303 e. The minimum atomic E-state index is -0.709. The Morgan fingerprint density at radius 3 is 1.42 bits per heavy atom. The highest BCUT2D eigenvalue weighted by atomic mass is 16.4. The van der Waals surface area contributed by atoms with Crippen LogP contribution in [-0.4, -0.2) is 11.1 Å². The molecule has 0 amide bonds. The summed E-state index contributed by atoms with van der Waals surface area (Å²) in [7, 11) is 0. The van der Waals surface area contributed by atoms with Gasteiger partial charge in [0.2, 0.25) is 0 Å². The van der Waals surface area contributed by atoms with Gasteiger partial charge in [-0.2, -0.15) is 0 Å². The van der Waals surface area contributed by atoms with Gasteiger partial charge in [-0.1, -0.05) is 95.8 Å². The van der Waals surface area contributed by atoms with Crippen LogP contribution in [0.25, 0.3) is 0 Å². The average molecular weight is 361 g/mol. The van der Waals surface area contributed by atoms with Crippen LogP contribution in [-0.2, 0) is 4.79 Å². The maximum atomic E-state index is 10.4. The fraction of sp³-hybridized carbons (Fsp3) is 0.792. The summed E-state index contributed by atoms with van der Waals surface area (Å²) in [6, 6.07) is 0. The number of hydrogen-bond donors (Lipinski definition) is 1. The molecular formula is C24H40O2. The van der Waals surface area contributed by atoms with E-state index >= 15 is 0 Å². The Kier molecular flexibility index (Phi) is 20.5. The molecule has 0 bridgehead atoms. The molecule has 0 saturated heterocycles. The fourth-order valence-corrected chi connectivity index (χ4v) is 2.93. The number of aliphatic carboxylic acids is 1. The zero-order valence-electron chi connectivity index (χ0n) is 17.1. The number of carbonyl (C=O) groups is 1. The molecule has 0 aromatic carbocycles. The van der Waals surface area contributed by atoms with E-state index in [0.717, 1.165) is 32.1 Å². The third-order valence-electron chi connectivity index (χ3n) is 4.59. The Labute approximate surface area is 162 Å². The Balaban J connectivity index is 3.23. The van der Waals surface area contributed by atoms with Gasteiger partial charge in [0.25, 0.3) is 0 Å². The minimum absolute atomic E-state index is 0.270. The molecule has 0 aliphatic heterocycles. The maximum absolute atomic E-state index is 10.4. The van der Waals surface area contributed by atoms with Crippen LogP contribution in [0.5, 0.6) is 0 Å². The normalized spacial score (nSPS) is 9.88. The van der Waals surface area contributed by atoms with Gasteiger partial charge in [-0.3, -0.25) is 4.79 Å². The molecular weight excluding hydrogens is 320 g/mol. The van der Waals surface area contributed by atoms with Crippen LogP contribution in [0.1, 0.15) is 122 Å². The number of rotatable bonds is 17. The van der Waals surface area contributed by atoms with Crippen molar-refractivity contribution >= 4 is 5.97 Å². The van der Waals surface area contributed by atoms with Crippen LogP contribution >= 0.6 is 0 Å². The molecule has 2 heteroatoms. The third kappa shape index (κ3) is 22.6. The highest BCUT2D eigenvalue weighted by Crippen LogP contribution is 2.12. The lowest BCUT2D eigenvalue weighted by Gasteiger charge is -2.01. The van der Waals surface area contributed by atoms with E-state index in [1.165, 1.54) is 77.0 Å². The summed E-state index contributed by atoms with van der Waals surface area (Å²) in [4.78, 5) is 10.4. The van der Waals surface area contributed by atoms with Gasteiger partial charge >= 0.3 is 5.97 Å². The minimum Gasteiger partial charge on any atom is -0.481 e. The lowest BCUT2D eigenvalue weighted by atomic mass is 10.0. The zero-order chi connectivity index (χ0) is 19.1. The van der Waals surface area contributed by atoms with E-state index in [1.54, 1.807) is 0 Å². The highest BCUT2D eigenvalue weighted by Gasteiger charge is 1.95. The molecule has 0 heterocycles. The van der Waals surface area contributed by atoms with Gasteiger partial charge in [-0.25, -0.2) is 0 Å². The molecule has 0 aromatic heterocycles. The molecule has 0 fully saturated rings. The smallest absolute Gasteiger partial charge is 0.303 e. The molecule has 0 radical (unpaired) electrons. The topological polar surface area (TPSA) is 37.3 Å². The molecule has 0 unspecified atom stereocenters. The van der Waals surface area contributed by atoms with E-state index in [2.05, 4.69) is 30.6 Å². The molecule has 0 aliphatic carbocycles. The molecule has 0 rings (SSSR count). The van der Waals surface area contributed by atoms with E-state index in [-0.39, 0.29) is 6.42 Å². The largest absolute Gasteiger partial charge is 0.481 e. The van der Waals surface area contributed by atoms with Gasteiger partial charge in [0.05, 0.1) is 0 Å². The van der Waals surface area contributed by atoms with Crippen LogP contribution in [0.15, 0.2) is 0 Å². The summed E-state index contributed by atoms with van der Waals surface area (Å²) >= 11 is 0. The van der Waals surface area contributed by atoms with E-state index < -0.39 is 5.97 Å². The predicted molar refractivity (Wildman–Crippen MR) is 112 cm³/mol. The molecule has 0 aliphatic rings. The number of hydrogen-bond acceptors (Lipinski definition) is 1. The van der Waals surface area contributed by atoms with Gasteiger partial charge in [-0.05, 0) is 31.1 Å². The predicted octanol–water partition coefficient (Wildman–Crippen LogP) is 7.12. The summed E-state index contributed by atoms with van der Waals surface area (Å²) < 4.78 is 0. The van der Waals surface area contributed by atoms with Gasteiger partial charge in [-0.15, -0.1) is 0 Å². The first-order valence-electron chi connectivity index (χ1n) is 10.9. The first-order chi connectivity index (χ1) is 12.8. The monoisotopic (exact) mass is 360 g/mol. The number of carboxylic acid groups (broad SMARTS) is 1. The van der Waals surface area contributed by atoms with Crippen molar-refractivity contribution in [3.8, 4) is 23.7 Å². The van der Waals surface area contributed by atoms with Gasteiger partial charge in [0, 0.05) is 19.3 Å². The Morgan fingerprint density at radius 1 is 0.615 bits per heavy atom. The Bertz CT molecular complexity index is 431. The van der Waals surface area contributed by atoms with Crippen molar-refractivity contribution in [1.82, 2.24) is 0 Å². The first-order valence-corrected chi connectivity index (χ1v) is 10.9. The van der Waals surface area contributed by atoms with E-state index in [1.807, 2.05) is 0 Å². The molecule has 0 saturated carbocycles. The van der Waals surface area contributed by atoms with Gasteiger partial charge < -0.3 is 5.11 Å². The standard InChI is InChI=1S/C24H40O2/c1-2-3-4-5-6-7-8-9-10-11-12-13-14-15-16-17-18-19-20-21-22-23-24(25)26/h2-14,19-23H2,1H3,(H,25,26). The van der Waals surface area contributed by atoms with E-state index in [9.17, 15) is 4.79 Å². The molecule has 0 aromatic rings. The van der Waals surface area contributed by atoms with Crippen molar-refractivity contribution < 1.29 is 9.90 Å². The van der Waals surface area contributed by atoms with Crippen molar-refractivity contribution in [1.29, 1.82) is 0 Å². The van der Waals surface area contributed by atoms with Gasteiger partial charge in [0.1, 0.15) is 0 Å². The van der Waals surface area contributed by atoms with Crippen LogP contribution in [0, 0.1) is 23.7 Å². The molecule has 26 heavy (non-hydrogen) atoms. The molecule has 1 N–H and O–H groups in total. The SMILES string of the molecule is CCCCCCCCCCCCCCC#CC#CCCCCCC(=O)O. The van der Waals surface area contributed by atoms with Crippen molar-refractivity contribution in [2.24, 2.45) is 0 Å². The molecule has 148 valence electrons. The second-order valence-electron chi connectivity index (χ2n) is 7.20.